The second-order valence-corrected chi connectivity index (χ2v) is 5.94. The van der Waals surface area contributed by atoms with E-state index in [1.54, 1.807) is 12.1 Å². The summed E-state index contributed by atoms with van der Waals surface area (Å²) in [5, 5.41) is 8.50. The summed E-state index contributed by atoms with van der Waals surface area (Å²) in [6.45, 7) is 0.102. The molecule has 0 aliphatic rings. The Morgan fingerprint density at radius 3 is 2.22 bits per heavy atom. The van der Waals surface area contributed by atoms with E-state index in [4.69, 9.17) is 14.6 Å². The van der Waals surface area contributed by atoms with Crippen LogP contribution in [0.5, 0.6) is 5.75 Å². The van der Waals surface area contributed by atoms with Crippen LogP contribution in [0.3, 0.4) is 0 Å². The van der Waals surface area contributed by atoms with Crippen LogP contribution < -0.4 is 4.74 Å². The van der Waals surface area contributed by atoms with Crippen molar-refractivity contribution in [1.29, 1.82) is 0 Å². The first kappa shape index (κ1) is 20.2. The average molecular weight is 370 g/mol. The van der Waals surface area contributed by atoms with Gasteiger partial charge in [0.15, 0.2) is 0 Å². The quantitative estimate of drug-likeness (QED) is 0.388. The zero-order chi connectivity index (χ0) is 19.5. The summed E-state index contributed by atoms with van der Waals surface area (Å²) < 4.78 is 10.3. The number of ether oxygens (including phenoxy) is 2. The van der Waals surface area contributed by atoms with E-state index >= 15 is 0 Å². The molecule has 0 fully saturated rings. The van der Waals surface area contributed by atoms with Crippen molar-refractivity contribution >= 4 is 17.9 Å². The van der Waals surface area contributed by atoms with Crippen molar-refractivity contribution in [2.24, 2.45) is 0 Å². The Kier molecular flexibility index (Phi) is 8.03. The molecule has 1 N–H and O–H groups in total. The molecular weight excluding hydrogens is 348 g/mol. The first-order valence-corrected chi connectivity index (χ1v) is 8.78. The lowest BCUT2D eigenvalue weighted by atomic mass is 10.1. The van der Waals surface area contributed by atoms with Crippen LogP contribution >= 0.6 is 0 Å². The molecule has 0 aromatic heterocycles. The number of aliphatic carboxylic acids is 1. The van der Waals surface area contributed by atoms with Crippen LogP contribution in [0.15, 0.2) is 54.6 Å². The van der Waals surface area contributed by atoms with Crippen molar-refractivity contribution in [1.82, 2.24) is 0 Å². The Morgan fingerprint density at radius 2 is 1.48 bits per heavy atom. The summed E-state index contributed by atoms with van der Waals surface area (Å²) in [7, 11) is 0. The maximum atomic E-state index is 11.9. The van der Waals surface area contributed by atoms with Crippen molar-refractivity contribution in [3.05, 3.63) is 54.6 Å². The molecule has 2 aromatic carbocycles. The van der Waals surface area contributed by atoms with Crippen LogP contribution in [0.4, 0.5) is 0 Å². The highest BCUT2D eigenvalue weighted by molar-refractivity contribution is 5.74. The highest BCUT2D eigenvalue weighted by Gasteiger charge is 2.08. The normalized spacial score (nSPS) is 10.2. The lowest BCUT2D eigenvalue weighted by Gasteiger charge is -2.07. The smallest absolute Gasteiger partial charge is 0.311 e. The second kappa shape index (κ2) is 10.8. The fourth-order valence-corrected chi connectivity index (χ4v) is 2.41. The summed E-state index contributed by atoms with van der Waals surface area (Å²) in [4.78, 5) is 33.7. The van der Waals surface area contributed by atoms with Crippen LogP contribution in [0.1, 0.15) is 32.1 Å². The standard InChI is InChI=1S/C21H22O6/c22-19(23)11-5-12-20(24)26-14-6-13-21(25)27-18-10-4-9-17(15-18)16-7-2-1-3-8-16/h1-4,7-10,15H,5-6,11-14H2,(H,22,23). The third kappa shape index (κ3) is 7.73. The molecule has 6 nitrogen and oxygen atoms in total. The number of carboxylic acids is 1. The maximum absolute atomic E-state index is 11.9. The lowest BCUT2D eigenvalue weighted by Crippen LogP contribution is -2.11. The molecule has 0 aliphatic carbocycles. The van der Waals surface area contributed by atoms with Crippen molar-refractivity contribution in [2.75, 3.05) is 6.61 Å². The molecule has 0 heterocycles. The number of carbonyl (C=O) groups is 3. The van der Waals surface area contributed by atoms with Gasteiger partial charge in [-0.05, 0) is 36.1 Å². The van der Waals surface area contributed by atoms with Crippen molar-refractivity contribution in [3.63, 3.8) is 0 Å². The molecule has 0 atom stereocenters. The Labute approximate surface area is 157 Å². The predicted molar refractivity (Wildman–Crippen MR) is 99.2 cm³/mol. The summed E-state index contributed by atoms with van der Waals surface area (Å²) in [6, 6.07) is 17.1. The average Bonchev–Trinajstić information content (AvgIpc) is 2.66. The van der Waals surface area contributed by atoms with Crippen LogP contribution in [-0.2, 0) is 19.1 Å². The fourth-order valence-electron chi connectivity index (χ4n) is 2.41. The van der Waals surface area contributed by atoms with Gasteiger partial charge < -0.3 is 14.6 Å². The molecular formula is C21H22O6. The summed E-state index contributed by atoms with van der Waals surface area (Å²) in [5.41, 5.74) is 1.99. The predicted octanol–water partition coefficient (Wildman–Crippen LogP) is 3.84. The van der Waals surface area contributed by atoms with E-state index in [1.807, 2.05) is 42.5 Å². The molecule has 0 saturated carbocycles. The van der Waals surface area contributed by atoms with E-state index in [9.17, 15) is 14.4 Å². The van der Waals surface area contributed by atoms with Crippen LogP contribution in [0.25, 0.3) is 11.1 Å². The molecule has 0 unspecified atom stereocenters. The summed E-state index contributed by atoms with van der Waals surface area (Å²) in [6.07, 6.45) is 0.709. The maximum Gasteiger partial charge on any atom is 0.311 e. The largest absolute Gasteiger partial charge is 0.481 e. The molecule has 0 spiro atoms. The zero-order valence-electron chi connectivity index (χ0n) is 14.9. The van der Waals surface area contributed by atoms with Gasteiger partial charge in [-0.15, -0.1) is 0 Å². The highest BCUT2D eigenvalue weighted by atomic mass is 16.5. The minimum Gasteiger partial charge on any atom is -0.481 e. The monoisotopic (exact) mass is 370 g/mol. The zero-order valence-corrected chi connectivity index (χ0v) is 14.9. The van der Waals surface area contributed by atoms with Crippen molar-refractivity contribution in [3.8, 4) is 16.9 Å². The first-order valence-electron chi connectivity index (χ1n) is 8.78. The highest BCUT2D eigenvalue weighted by Crippen LogP contribution is 2.23. The number of carboxylic acid groups (broad SMARTS) is 1. The second-order valence-electron chi connectivity index (χ2n) is 5.94. The minimum atomic E-state index is -0.943. The SMILES string of the molecule is O=C(O)CCCC(=O)OCCCC(=O)Oc1cccc(-c2ccccc2)c1. The van der Waals surface area contributed by atoms with E-state index in [0.29, 0.717) is 12.2 Å². The van der Waals surface area contributed by atoms with E-state index in [1.165, 1.54) is 0 Å². The van der Waals surface area contributed by atoms with E-state index in [0.717, 1.165) is 11.1 Å². The Hall–Kier alpha value is -3.15. The Morgan fingerprint density at radius 1 is 0.778 bits per heavy atom. The number of carbonyl (C=O) groups excluding carboxylic acids is 2. The summed E-state index contributed by atoms with van der Waals surface area (Å²) >= 11 is 0. The molecule has 2 aromatic rings. The van der Waals surface area contributed by atoms with Gasteiger partial charge in [-0.1, -0.05) is 42.5 Å². The molecule has 0 saturated heterocycles. The molecule has 6 heteroatoms. The van der Waals surface area contributed by atoms with Gasteiger partial charge >= 0.3 is 17.9 Å². The number of hydrogen-bond acceptors (Lipinski definition) is 5. The third-order valence-corrected chi connectivity index (χ3v) is 3.73. The summed E-state index contributed by atoms with van der Waals surface area (Å²) in [5.74, 6) is -1.34. The molecule has 0 amide bonds. The van der Waals surface area contributed by atoms with Gasteiger partial charge in [0.05, 0.1) is 6.61 Å². The number of esters is 2. The molecule has 27 heavy (non-hydrogen) atoms. The van der Waals surface area contributed by atoms with Gasteiger partial charge in [0, 0.05) is 19.3 Å². The van der Waals surface area contributed by atoms with Gasteiger partial charge in [0.25, 0.3) is 0 Å². The molecule has 2 rings (SSSR count). The van der Waals surface area contributed by atoms with Gasteiger partial charge in [-0.2, -0.15) is 0 Å². The topological polar surface area (TPSA) is 89.9 Å². The number of rotatable bonds is 10. The number of hydrogen-bond donors (Lipinski definition) is 1. The van der Waals surface area contributed by atoms with Gasteiger partial charge in [0.1, 0.15) is 5.75 Å². The van der Waals surface area contributed by atoms with Crippen LogP contribution in [0.2, 0.25) is 0 Å². The molecule has 142 valence electrons. The number of benzene rings is 2. The van der Waals surface area contributed by atoms with E-state index in [-0.39, 0.29) is 32.3 Å². The van der Waals surface area contributed by atoms with Crippen molar-refractivity contribution < 1.29 is 29.0 Å². The van der Waals surface area contributed by atoms with Gasteiger partial charge in [-0.25, -0.2) is 0 Å². The third-order valence-electron chi connectivity index (χ3n) is 3.73. The molecule has 0 radical (unpaired) electrons. The van der Waals surface area contributed by atoms with Crippen molar-refractivity contribution in [2.45, 2.75) is 32.1 Å². The molecule has 0 aliphatic heterocycles. The van der Waals surface area contributed by atoms with Crippen LogP contribution in [-0.4, -0.2) is 29.6 Å². The Bertz CT molecular complexity index is 769. The molecule has 0 bridgehead atoms. The first-order chi connectivity index (χ1) is 13.0. The fraction of sp³-hybridized carbons (Fsp3) is 0.286. The van der Waals surface area contributed by atoms with Gasteiger partial charge in [0.2, 0.25) is 0 Å². The minimum absolute atomic E-state index is 0.0586. The van der Waals surface area contributed by atoms with E-state index in [2.05, 4.69) is 0 Å². The Balaban J connectivity index is 1.70. The van der Waals surface area contributed by atoms with Crippen LogP contribution in [0, 0.1) is 0 Å². The van der Waals surface area contributed by atoms with E-state index < -0.39 is 17.9 Å². The lowest BCUT2D eigenvalue weighted by molar-refractivity contribution is -0.145. The van der Waals surface area contributed by atoms with Gasteiger partial charge in [-0.3, -0.25) is 14.4 Å².